The number of ether oxygens (including phenoxy) is 1. The van der Waals surface area contributed by atoms with Gasteiger partial charge in [-0.15, -0.1) is 0 Å². The Morgan fingerprint density at radius 2 is 2.00 bits per heavy atom. The molecule has 0 aliphatic carbocycles. The summed E-state index contributed by atoms with van der Waals surface area (Å²) in [6.45, 7) is 0. The first-order valence-electron chi connectivity index (χ1n) is 6.14. The Balaban J connectivity index is 2.01. The molecule has 0 aromatic heterocycles. The van der Waals surface area contributed by atoms with Crippen LogP contribution in [-0.2, 0) is 0 Å². The second-order valence-corrected chi connectivity index (χ2v) is 5.08. The first-order chi connectivity index (χ1) is 9.56. The molecular formula is C15H11ClF2O2. The van der Waals surface area contributed by atoms with E-state index in [4.69, 9.17) is 16.3 Å². The van der Waals surface area contributed by atoms with E-state index in [0.29, 0.717) is 11.3 Å². The highest BCUT2D eigenvalue weighted by molar-refractivity contribution is 6.31. The third kappa shape index (κ3) is 2.25. The molecule has 20 heavy (non-hydrogen) atoms. The molecule has 1 heterocycles. The van der Waals surface area contributed by atoms with E-state index >= 15 is 0 Å². The first kappa shape index (κ1) is 13.3. The second kappa shape index (κ2) is 5.04. The number of hydrogen-bond acceptors (Lipinski definition) is 2. The maximum Gasteiger partial charge on any atom is 0.131 e. The third-order valence-corrected chi connectivity index (χ3v) is 3.69. The third-order valence-electron chi connectivity index (χ3n) is 3.36. The summed E-state index contributed by atoms with van der Waals surface area (Å²) in [5.41, 5.74) is 0.580. The molecule has 0 fully saturated rings. The van der Waals surface area contributed by atoms with Crippen LogP contribution >= 0.6 is 11.6 Å². The Morgan fingerprint density at radius 3 is 2.75 bits per heavy atom. The molecule has 0 radical (unpaired) electrons. The van der Waals surface area contributed by atoms with E-state index in [1.54, 1.807) is 6.07 Å². The molecule has 2 atom stereocenters. The van der Waals surface area contributed by atoms with E-state index in [0.717, 1.165) is 0 Å². The number of benzene rings is 2. The van der Waals surface area contributed by atoms with E-state index in [-0.39, 0.29) is 17.0 Å². The van der Waals surface area contributed by atoms with Crippen LogP contribution in [0.1, 0.15) is 29.8 Å². The van der Waals surface area contributed by atoms with Crippen molar-refractivity contribution in [1.29, 1.82) is 0 Å². The van der Waals surface area contributed by atoms with Crippen LogP contribution in [0.15, 0.2) is 36.4 Å². The van der Waals surface area contributed by atoms with E-state index < -0.39 is 23.8 Å². The zero-order valence-corrected chi connectivity index (χ0v) is 11.1. The van der Waals surface area contributed by atoms with Crippen LogP contribution in [0.2, 0.25) is 5.02 Å². The normalized spacial score (nSPS) is 21.2. The number of aliphatic hydroxyl groups excluding tert-OH is 1. The summed E-state index contributed by atoms with van der Waals surface area (Å²) in [6.07, 6.45) is -1.50. The van der Waals surface area contributed by atoms with Gasteiger partial charge in [0.05, 0.1) is 11.1 Å². The van der Waals surface area contributed by atoms with Gasteiger partial charge in [0.25, 0.3) is 0 Å². The number of fused-ring (bicyclic) bond motifs is 1. The lowest BCUT2D eigenvalue weighted by molar-refractivity contribution is 0.0637. The lowest BCUT2D eigenvalue weighted by Gasteiger charge is -2.30. The fourth-order valence-electron chi connectivity index (χ4n) is 2.41. The molecule has 3 rings (SSSR count). The highest BCUT2D eigenvalue weighted by atomic mass is 35.5. The van der Waals surface area contributed by atoms with Gasteiger partial charge in [0.1, 0.15) is 23.5 Å². The highest BCUT2D eigenvalue weighted by Gasteiger charge is 2.31. The molecular weight excluding hydrogens is 286 g/mol. The summed E-state index contributed by atoms with van der Waals surface area (Å²) < 4.78 is 32.7. The Bertz CT molecular complexity index is 640. The topological polar surface area (TPSA) is 29.5 Å². The minimum atomic E-state index is -0.921. The van der Waals surface area contributed by atoms with Crippen LogP contribution in [0.5, 0.6) is 5.75 Å². The van der Waals surface area contributed by atoms with Crippen molar-refractivity contribution in [3.8, 4) is 5.75 Å². The van der Waals surface area contributed by atoms with Crippen molar-refractivity contribution in [1.82, 2.24) is 0 Å². The molecule has 0 bridgehead atoms. The predicted molar refractivity (Wildman–Crippen MR) is 70.8 cm³/mol. The SMILES string of the molecule is O[C@H]1CC(c2c(F)cccc2Cl)Oc2ccc(F)cc21. The zero-order chi connectivity index (χ0) is 14.3. The van der Waals surface area contributed by atoms with Crippen LogP contribution in [0, 0.1) is 11.6 Å². The van der Waals surface area contributed by atoms with Crippen molar-refractivity contribution in [2.45, 2.75) is 18.6 Å². The molecule has 0 saturated carbocycles. The highest BCUT2D eigenvalue weighted by Crippen LogP contribution is 2.43. The van der Waals surface area contributed by atoms with Crippen LogP contribution < -0.4 is 4.74 Å². The van der Waals surface area contributed by atoms with Crippen molar-refractivity contribution < 1.29 is 18.6 Å². The van der Waals surface area contributed by atoms with E-state index in [1.807, 2.05) is 0 Å². The van der Waals surface area contributed by atoms with Crippen molar-refractivity contribution in [2.75, 3.05) is 0 Å². The van der Waals surface area contributed by atoms with Gasteiger partial charge in [-0.1, -0.05) is 17.7 Å². The quantitative estimate of drug-likeness (QED) is 0.855. The second-order valence-electron chi connectivity index (χ2n) is 4.68. The number of rotatable bonds is 1. The fraction of sp³-hybridized carbons (Fsp3) is 0.200. The number of hydrogen-bond donors (Lipinski definition) is 1. The summed E-state index contributed by atoms with van der Waals surface area (Å²) in [5.74, 6) is -0.594. The summed E-state index contributed by atoms with van der Waals surface area (Å²) >= 11 is 6.00. The van der Waals surface area contributed by atoms with Gasteiger partial charge >= 0.3 is 0 Å². The average molecular weight is 297 g/mol. The fourth-order valence-corrected chi connectivity index (χ4v) is 2.70. The van der Waals surface area contributed by atoms with Gasteiger partial charge in [-0.3, -0.25) is 0 Å². The monoisotopic (exact) mass is 296 g/mol. The van der Waals surface area contributed by atoms with Crippen molar-refractivity contribution >= 4 is 11.6 Å². The van der Waals surface area contributed by atoms with Gasteiger partial charge in [0.2, 0.25) is 0 Å². The maximum absolute atomic E-state index is 13.9. The molecule has 1 aliphatic rings. The van der Waals surface area contributed by atoms with Crippen LogP contribution in [-0.4, -0.2) is 5.11 Å². The molecule has 0 spiro atoms. The van der Waals surface area contributed by atoms with E-state index in [1.165, 1.54) is 30.3 Å². The van der Waals surface area contributed by atoms with E-state index in [9.17, 15) is 13.9 Å². The minimum Gasteiger partial charge on any atom is -0.485 e. The Kier molecular flexibility index (Phi) is 3.36. The summed E-state index contributed by atoms with van der Waals surface area (Å²) in [7, 11) is 0. The van der Waals surface area contributed by atoms with Gasteiger partial charge < -0.3 is 9.84 Å². The van der Waals surface area contributed by atoms with Gasteiger partial charge in [-0.2, -0.15) is 0 Å². The lowest BCUT2D eigenvalue weighted by Crippen LogP contribution is -2.20. The van der Waals surface area contributed by atoms with Crippen LogP contribution in [0.25, 0.3) is 0 Å². The Hall–Kier alpha value is -1.65. The smallest absolute Gasteiger partial charge is 0.131 e. The van der Waals surface area contributed by atoms with Gasteiger partial charge in [-0.25, -0.2) is 8.78 Å². The zero-order valence-electron chi connectivity index (χ0n) is 10.3. The maximum atomic E-state index is 13.9. The summed E-state index contributed by atoms with van der Waals surface area (Å²) in [4.78, 5) is 0. The molecule has 0 amide bonds. The van der Waals surface area contributed by atoms with Gasteiger partial charge in [0, 0.05) is 17.5 Å². The molecule has 2 aromatic carbocycles. The molecule has 1 unspecified atom stereocenters. The van der Waals surface area contributed by atoms with Crippen LogP contribution in [0.3, 0.4) is 0 Å². The first-order valence-corrected chi connectivity index (χ1v) is 6.52. The minimum absolute atomic E-state index is 0.122. The van der Waals surface area contributed by atoms with Crippen molar-refractivity contribution in [2.24, 2.45) is 0 Å². The van der Waals surface area contributed by atoms with Crippen molar-refractivity contribution in [3.63, 3.8) is 0 Å². The van der Waals surface area contributed by atoms with Gasteiger partial charge in [0.15, 0.2) is 0 Å². The number of halogens is 3. The summed E-state index contributed by atoms with van der Waals surface area (Å²) in [5, 5.41) is 10.3. The van der Waals surface area contributed by atoms with E-state index in [2.05, 4.69) is 0 Å². The number of aliphatic hydroxyl groups is 1. The molecule has 1 N–H and O–H groups in total. The van der Waals surface area contributed by atoms with Crippen molar-refractivity contribution in [3.05, 3.63) is 64.2 Å². The molecule has 2 nitrogen and oxygen atoms in total. The molecule has 0 saturated heterocycles. The Labute approximate surface area is 119 Å². The largest absolute Gasteiger partial charge is 0.485 e. The summed E-state index contributed by atoms with van der Waals surface area (Å²) in [6, 6.07) is 8.24. The molecule has 104 valence electrons. The van der Waals surface area contributed by atoms with Crippen LogP contribution in [0.4, 0.5) is 8.78 Å². The van der Waals surface area contributed by atoms with Gasteiger partial charge in [-0.05, 0) is 30.3 Å². The average Bonchev–Trinajstić information content (AvgIpc) is 2.39. The lowest BCUT2D eigenvalue weighted by atomic mass is 9.94. The standard InChI is InChI=1S/C15H11ClF2O2/c16-10-2-1-3-11(18)15(10)14-7-12(19)9-6-8(17)4-5-13(9)20-14/h1-6,12,14,19H,7H2/t12-,14?/m0/s1. The molecule has 1 aliphatic heterocycles. The molecule has 5 heteroatoms. The molecule has 2 aromatic rings. The Morgan fingerprint density at radius 1 is 1.20 bits per heavy atom. The predicted octanol–water partition coefficient (Wildman–Crippen LogP) is 4.18.